The van der Waals surface area contributed by atoms with Gasteiger partial charge in [-0.05, 0) is 130 Å². The second kappa shape index (κ2) is 22.8. The van der Waals surface area contributed by atoms with Crippen LogP contribution in [0, 0.1) is 0 Å². The van der Waals surface area contributed by atoms with Gasteiger partial charge in [-0.2, -0.15) is 8.42 Å². The van der Waals surface area contributed by atoms with Gasteiger partial charge in [0.2, 0.25) is 5.91 Å². The van der Waals surface area contributed by atoms with E-state index in [1.165, 1.54) is 30.3 Å². The number of amides is 1. The predicted octanol–water partition coefficient (Wildman–Crippen LogP) is 7.39. The fraction of sp³-hybridized carbons (Fsp3) is 0.585. The van der Waals surface area contributed by atoms with Crippen molar-refractivity contribution in [3.8, 4) is 11.5 Å². The Bertz CT molecular complexity index is 1460. The number of ether oxygens (including phenoxy) is 2. The van der Waals surface area contributed by atoms with Crippen molar-refractivity contribution in [1.82, 2.24) is 10.2 Å². The topological polar surface area (TPSA) is 134 Å². The van der Waals surface area contributed by atoms with E-state index in [0.717, 1.165) is 42.6 Å². The van der Waals surface area contributed by atoms with Crippen LogP contribution in [-0.2, 0) is 19.1 Å². The number of aliphatic hydroxyl groups excluding tert-OH is 2. The third kappa shape index (κ3) is 24.9. The van der Waals surface area contributed by atoms with E-state index < -0.39 is 21.8 Å². The molecular formula is C41H68N2O8S. The second-order valence-electron chi connectivity index (χ2n) is 15.8. The summed E-state index contributed by atoms with van der Waals surface area (Å²) in [5, 5.41) is 20.9. The molecule has 52 heavy (non-hydrogen) atoms. The van der Waals surface area contributed by atoms with Gasteiger partial charge in [0.1, 0.15) is 24.2 Å². The minimum Gasteiger partial charge on any atom is -0.494 e. The van der Waals surface area contributed by atoms with Crippen LogP contribution in [0.2, 0.25) is 0 Å². The lowest BCUT2D eigenvalue weighted by Gasteiger charge is -2.18. The van der Waals surface area contributed by atoms with E-state index >= 15 is 0 Å². The molecule has 2 aromatic rings. The van der Waals surface area contributed by atoms with Gasteiger partial charge in [0, 0.05) is 24.2 Å². The molecule has 0 radical (unpaired) electrons. The molecule has 2 aromatic carbocycles. The summed E-state index contributed by atoms with van der Waals surface area (Å²) in [5.41, 5.74) is 4.33. The summed E-state index contributed by atoms with van der Waals surface area (Å²) in [5.74, 6) is 1.44. The first-order valence-electron chi connectivity index (χ1n) is 17.8. The number of nitrogens with one attached hydrogen (secondary N) is 1. The van der Waals surface area contributed by atoms with E-state index in [1.54, 1.807) is 20.8 Å². The highest BCUT2D eigenvalue weighted by molar-refractivity contribution is 7.86. The summed E-state index contributed by atoms with van der Waals surface area (Å²) in [4.78, 5) is 13.0. The molecule has 3 N–H and O–H groups in total. The van der Waals surface area contributed by atoms with Crippen LogP contribution in [0.25, 0.3) is 5.57 Å². The number of carbonyl (C=O) groups is 1. The molecule has 0 bridgehead atoms. The Kier molecular flexibility index (Phi) is 21.4. The van der Waals surface area contributed by atoms with Crippen LogP contribution < -0.4 is 14.8 Å². The zero-order valence-electron chi connectivity index (χ0n) is 34.1. The van der Waals surface area contributed by atoms with E-state index in [4.69, 9.17) is 14.6 Å². The summed E-state index contributed by atoms with van der Waals surface area (Å²) in [7, 11) is -3.28. The zero-order chi connectivity index (χ0) is 40.3. The van der Waals surface area contributed by atoms with Gasteiger partial charge < -0.3 is 25.0 Å². The van der Waals surface area contributed by atoms with Gasteiger partial charge in [0.25, 0.3) is 10.1 Å². The molecule has 296 valence electrons. The third-order valence-electron chi connectivity index (χ3n) is 6.69. The van der Waals surface area contributed by atoms with E-state index in [0.29, 0.717) is 11.3 Å². The van der Waals surface area contributed by atoms with Gasteiger partial charge in [-0.25, -0.2) is 0 Å². The first kappa shape index (κ1) is 48.8. The van der Waals surface area contributed by atoms with Crippen molar-refractivity contribution in [2.75, 3.05) is 39.2 Å². The van der Waals surface area contributed by atoms with Crippen LogP contribution in [-0.4, -0.2) is 91.4 Å². The number of aliphatic hydroxyl groups is 2. The van der Waals surface area contributed by atoms with Crippen LogP contribution in [0.15, 0.2) is 66.8 Å². The smallest absolute Gasteiger partial charge is 0.264 e. The molecule has 0 aliphatic carbocycles. The van der Waals surface area contributed by atoms with Gasteiger partial charge in [-0.15, -0.1) is 0 Å². The molecule has 1 atom stereocenters. The maximum absolute atomic E-state index is 10.6. The van der Waals surface area contributed by atoms with E-state index in [2.05, 4.69) is 74.7 Å². The van der Waals surface area contributed by atoms with Crippen LogP contribution in [0.1, 0.15) is 107 Å². The molecule has 0 spiro atoms. The fourth-order valence-corrected chi connectivity index (χ4v) is 5.26. The zero-order valence-corrected chi connectivity index (χ0v) is 34.9. The maximum atomic E-state index is 10.6. The highest BCUT2D eigenvalue weighted by Crippen LogP contribution is 2.29. The van der Waals surface area contributed by atoms with Gasteiger partial charge in [0.05, 0.1) is 25.1 Å². The van der Waals surface area contributed by atoms with Crippen molar-refractivity contribution in [2.24, 2.45) is 0 Å². The minimum atomic E-state index is -3.28. The largest absolute Gasteiger partial charge is 0.494 e. The van der Waals surface area contributed by atoms with Crippen molar-refractivity contribution in [3.05, 3.63) is 77.9 Å². The van der Waals surface area contributed by atoms with Crippen molar-refractivity contribution >= 4 is 21.6 Å². The number of hydrogen-bond donors (Lipinski definition) is 3. The Hall–Kier alpha value is -3.22. The number of unbranched alkanes of at least 4 members (excludes halogenated alkanes) is 1. The van der Waals surface area contributed by atoms with Crippen molar-refractivity contribution < 1.29 is 37.1 Å². The molecule has 1 fully saturated rings. The first-order chi connectivity index (χ1) is 23.8. The Morgan fingerprint density at radius 3 is 1.62 bits per heavy atom. The Morgan fingerprint density at radius 2 is 1.37 bits per heavy atom. The van der Waals surface area contributed by atoms with Gasteiger partial charge in [0.15, 0.2) is 0 Å². The minimum absolute atomic E-state index is 0.0742. The van der Waals surface area contributed by atoms with E-state index in [9.17, 15) is 18.3 Å². The van der Waals surface area contributed by atoms with E-state index in [1.807, 2.05) is 57.2 Å². The quantitative estimate of drug-likeness (QED) is 0.0880. The Morgan fingerprint density at radius 1 is 0.904 bits per heavy atom. The summed E-state index contributed by atoms with van der Waals surface area (Å²) >= 11 is 0. The van der Waals surface area contributed by atoms with Gasteiger partial charge >= 0.3 is 0 Å². The number of nitrogens with zero attached hydrogens (tertiary/aromatic N) is 1. The number of allylic oxidation sites excluding steroid dienone is 1. The molecule has 3 rings (SSSR count). The van der Waals surface area contributed by atoms with Crippen LogP contribution >= 0.6 is 0 Å². The molecule has 10 nitrogen and oxygen atoms in total. The van der Waals surface area contributed by atoms with Crippen LogP contribution in [0.3, 0.4) is 0 Å². The Labute approximate surface area is 315 Å². The summed E-state index contributed by atoms with van der Waals surface area (Å²) < 4.78 is 36.7. The third-order valence-corrected chi connectivity index (χ3v) is 7.49. The van der Waals surface area contributed by atoms with Crippen molar-refractivity contribution in [1.29, 1.82) is 0 Å². The van der Waals surface area contributed by atoms with Crippen LogP contribution in [0.5, 0.6) is 11.5 Å². The highest BCUT2D eigenvalue weighted by atomic mass is 32.2. The summed E-state index contributed by atoms with van der Waals surface area (Å²) in [6.45, 7) is 30.4. The molecule has 1 heterocycles. The first-order valence-corrected chi connectivity index (χ1v) is 19.7. The molecule has 1 aliphatic rings. The SMILES string of the molecule is C=CC(=O)NC(C)(C)C.CC(C)(C)N1CC1.CC(C)(C)OS(C)(=O)=O.CCCCOc1ccc(C(=C(C)C)c2ccc(OCC(O)CO)cc2)cc1. The Balaban J connectivity index is 0.000000840. The molecule has 0 aromatic heterocycles. The average Bonchev–Trinajstić information content (AvgIpc) is 3.86. The predicted molar refractivity (Wildman–Crippen MR) is 214 cm³/mol. The van der Waals surface area contributed by atoms with E-state index in [-0.39, 0.29) is 24.7 Å². The molecular weight excluding hydrogens is 681 g/mol. The van der Waals surface area contributed by atoms with Gasteiger partial charge in [-0.3, -0.25) is 13.9 Å². The highest BCUT2D eigenvalue weighted by Gasteiger charge is 2.29. The lowest BCUT2D eigenvalue weighted by molar-refractivity contribution is -0.117. The molecule has 1 amide bonds. The lowest BCUT2D eigenvalue weighted by atomic mass is 9.94. The molecule has 11 heteroatoms. The molecule has 1 saturated heterocycles. The second-order valence-corrected chi connectivity index (χ2v) is 17.3. The summed E-state index contributed by atoms with van der Waals surface area (Å²) in [6.07, 6.45) is 3.63. The van der Waals surface area contributed by atoms with Crippen LogP contribution in [0.4, 0.5) is 0 Å². The molecule has 1 unspecified atom stereocenters. The lowest BCUT2D eigenvalue weighted by Crippen LogP contribution is -2.39. The average molecular weight is 749 g/mol. The molecule has 0 saturated carbocycles. The number of benzene rings is 2. The maximum Gasteiger partial charge on any atom is 0.264 e. The van der Waals surface area contributed by atoms with Gasteiger partial charge in [-0.1, -0.05) is 49.8 Å². The standard InChI is InChI=1S/C23H30O4.C7H13NO.C6H13N.C5H12O3S/c1-4-5-14-26-21-10-6-18(7-11-21)23(17(2)3)19-8-12-22(13-9-19)27-16-20(25)15-24;1-5-6(9)8-7(2,3)4;1-6(2,3)7-4-5-7;1-5(2,3)8-9(4,6)7/h6-13,20,24-25H,4-5,14-16H2,1-3H3;5H,1H2,2-4H3,(H,8,9);4-5H2,1-3H3;1-4H3. The number of carbonyl (C=O) groups excluding carboxylic acids is 1. The summed E-state index contributed by atoms with van der Waals surface area (Å²) in [6, 6.07) is 16.0. The number of rotatable bonds is 12. The fourth-order valence-electron chi connectivity index (χ4n) is 4.35. The van der Waals surface area contributed by atoms with Crippen molar-refractivity contribution in [3.63, 3.8) is 0 Å². The number of hydrogen-bond acceptors (Lipinski definition) is 9. The van der Waals surface area contributed by atoms with Crippen molar-refractivity contribution in [2.45, 2.75) is 119 Å². The normalized spacial score (nSPS) is 13.4. The monoisotopic (exact) mass is 748 g/mol. The molecule has 1 aliphatic heterocycles.